The van der Waals surface area contributed by atoms with Gasteiger partial charge in [-0.15, -0.1) is 0 Å². The molecule has 24 heavy (non-hydrogen) atoms. The maximum atomic E-state index is 12.2. The van der Waals surface area contributed by atoms with Crippen LogP contribution in [0.1, 0.15) is 11.1 Å². The summed E-state index contributed by atoms with van der Waals surface area (Å²) in [5.41, 5.74) is 2.52. The minimum Gasteiger partial charge on any atom is -0.495 e. The van der Waals surface area contributed by atoms with Gasteiger partial charge >= 0.3 is 0 Å². The number of hydrogen-bond acceptors (Lipinski definition) is 4. The van der Waals surface area contributed by atoms with Crippen LogP contribution in [0, 0.1) is 6.92 Å². The summed E-state index contributed by atoms with van der Waals surface area (Å²) in [6.45, 7) is 2.01. The molecule has 3 rings (SSSR count). The van der Waals surface area contributed by atoms with Crippen molar-refractivity contribution < 1.29 is 9.53 Å². The standard InChI is InChI=1S/C18H17ClN2O2S/c1-11-7-8-15(23-2)14(9-11)20-18-21-17(22)16(24-18)10-12-5-3-4-6-13(12)19/h3-10,18,20H,1-2H3,(H,21,22)/b16-10-. The summed E-state index contributed by atoms with van der Waals surface area (Å²) in [5.74, 6) is 0.614. The molecule has 2 aromatic carbocycles. The summed E-state index contributed by atoms with van der Waals surface area (Å²) in [4.78, 5) is 12.8. The molecule has 2 N–H and O–H groups in total. The number of amides is 1. The average molecular weight is 361 g/mol. The zero-order valence-corrected chi connectivity index (χ0v) is 14.9. The highest BCUT2D eigenvalue weighted by Gasteiger charge is 2.27. The molecule has 1 unspecified atom stereocenters. The highest BCUT2D eigenvalue weighted by Crippen LogP contribution is 2.34. The van der Waals surface area contributed by atoms with Crippen molar-refractivity contribution in [1.29, 1.82) is 0 Å². The van der Waals surface area contributed by atoms with E-state index in [0.717, 1.165) is 22.6 Å². The highest BCUT2D eigenvalue weighted by atomic mass is 35.5. The molecule has 0 bridgehead atoms. The van der Waals surface area contributed by atoms with Crippen molar-refractivity contribution in [3.63, 3.8) is 0 Å². The number of carbonyl (C=O) groups excluding carboxylic acids is 1. The molecule has 1 heterocycles. The van der Waals surface area contributed by atoms with E-state index < -0.39 is 0 Å². The first-order valence-electron chi connectivity index (χ1n) is 7.42. The quantitative estimate of drug-likeness (QED) is 0.800. The van der Waals surface area contributed by atoms with E-state index in [1.807, 2.05) is 43.3 Å². The lowest BCUT2D eigenvalue weighted by Crippen LogP contribution is -2.31. The number of benzene rings is 2. The Morgan fingerprint density at radius 3 is 2.83 bits per heavy atom. The van der Waals surface area contributed by atoms with E-state index in [1.54, 1.807) is 19.3 Å². The number of aryl methyl sites for hydroxylation is 1. The first-order valence-corrected chi connectivity index (χ1v) is 8.67. The molecule has 4 nitrogen and oxygen atoms in total. The third-order valence-electron chi connectivity index (χ3n) is 3.56. The van der Waals surface area contributed by atoms with Gasteiger partial charge in [-0.2, -0.15) is 0 Å². The van der Waals surface area contributed by atoms with Crippen molar-refractivity contribution in [3.8, 4) is 5.75 Å². The molecule has 1 aliphatic rings. The Labute approximate surface area is 150 Å². The van der Waals surface area contributed by atoms with Gasteiger partial charge in [-0.05, 0) is 42.3 Å². The monoisotopic (exact) mass is 360 g/mol. The molecule has 6 heteroatoms. The molecule has 0 saturated carbocycles. The smallest absolute Gasteiger partial charge is 0.260 e. The lowest BCUT2D eigenvalue weighted by Gasteiger charge is -2.16. The van der Waals surface area contributed by atoms with Crippen LogP contribution in [0.5, 0.6) is 5.75 Å². The molecule has 1 atom stereocenters. The number of methoxy groups -OCH3 is 1. The summed E-state index contributed by atoms with van der Waals surface area (Å²) >= 11 is 7.57. The number of nitrogens with one attached hydrogen (secondary N) is 2. The number of anilines is 1. The van der Waals surface area contributed by atoms with Gasteiger partial charge < -0.3 is 15.4 Å². The predicted octanol–water partition coefficient (Wildman–Crippen LogP) is 4.26. The average Bonchev–Trinajstić information content (AvgIpc) is 2.89. The van der Waals surface area contributed by atoms with Gasteiger partial charge in [0.25, 0.3) is 5.91 Å². The molecule has 0 spiro atoms. The van der Waals surface area contributed by atoms with Gasteiger partial charge in [0.05, 0.1) is 17.7 Å². The minimum absolute atomic E-state index is 0.121. The maximum Gasteiger partial charge on any atom is 0.260 e. The minimum atomic E-state index is -0.262. The van der Waals surface area contributed by atoms with Crippen LogP contribution in [-0.4, -0.2) is 18.5 Å². The van der Waals surface area contributed by atoms with Crippen molar-refractivity contribution in [2.45, 2.75) is 12.4 Å². The van der Waals surface area contributed by atoms with Gasteiger partial charge in [0.15, 0.2) is 5.50 Å². The predicted molar refractivity (Wildman–Crippen MR) is 100 cm³/mol. The van der Waals surface area contributed by atoms with Crippen LogP contribution in [0.4, 0.5) is 5.69 Å². The van der Waals surface area contributed by atoms with Crippen LogP contribution in [-0.2, 0) is 4.79 Å². The molecule has 1 fully saturated rings. The number of carbonyl (C=O) groups is 1. The molecular weight excluding hydrogens is 344 g/mol. The fourth-order valence-electron chi connectivity index (χ4n) is 2.37. The number of rotatable bonds is 4. The summed E-state index contributed by atoms with van der Waals surface area (Å²) in [6, 6.07) is 13.3. The normalized spacial score (nSPS) is 18.5. The van der Waals surface area contributed by atoms with Gasteiger partial charge in [0.2, 0.25) is 0 Å². The first-order chi connectivity index (χ1) is 11.6. The highest BCUT2D eigenvalue weighted by molar-refractivity contribution is 8.05. The van der Waals surface area contributed by atoms with Crippen molar-refractivity contribution in [2.75, 3.05) is 12.4 Å². The van der Waals surface area contributed by atoms with E-state index in [-0.39, 0.29) is 11.4 Å². The number of halogens is 1. The van der Waals surface area contributed by atoms with Crippen molar-refractivity contribution in [1.82, 2.24) is 5.32 Å². The Balaban J connectivity index is 1.78. The molecule has 0 aliphatic carbocycles. The summed E-state index contributed by atoms with van der Waals surface area (Å²) in [6.07, 6.45) is 1.80. The van der Waals surface area contributed by atoms with Gasteiger partial charge in [-0.1, -0.05) is 47.6 Å². The Hall–Kier alpha value is -2.11. The van der Waals surface area contributed by atoms with E-state index in [9.17, 15) is 4.79 Å². The second-order valence-electron chi connectivity index (χ2n) is 5.35. The van der Waals surface area contributed by atoms with Crippen LogP contribution >= 0.6 is 23.4 Å². The van der Waals surface area contributed by atoms with Crippen LogP contribution in [0.3, 0.4) is 0 Å². The zero-order valence-electron chi connectivity index (χ0n) is 13.3. The van der Waals surface area contributed by atoms with Crippen molar-refractivity contribution in [2.24, 2.45) is 0 Å². The van der Waals surface area contributed by atoms with Gasteiger partial charge in [-0.3, -0.25) is 4.79 Å². The second kappa shape index (κ2) is 7.20. The molecule has 124 valence electrons. The first kappa shape index (κ1) is 16.7. The van der Waals surface area contributed by atoms with Crippen molar-refractivity contribution in [3.05, 3.63) is 63.5 Å². The summed E-state index contributed by atoms with van der Waals surface area (Å²) in [5, 5.41) is 6.82. The third-order valence-corrected chi connectivity index (χ3v) is 4.94. The van der Waals surface area contributed by atoms with Gasteiger partial charge in [0, 0.05) is 5.02 Å². The van der Waals surface area contributed by atoms with Crippen LogP contribution in [0.15, 0.2) is 47.4 Å². The number of ether oxygens (including phenoxy) is 1. The lowest BCUT2D eigenvalue weighted by molar-refractivity contribution is -0.116. The SMILES string of the molecule is COc1ccc(C)cc1NC1NC(=O)/C(=C/c2ccccc2Cl)S1. The van der Waals surface area contributed by atoms with Crippen LogP contribution in [0.25, 0.3) is 6.08 Å². The van der Waals surface area contributed by atoms with Gasteiger partial charge in [-0.25, -0.2) is 0 Å². The number of hydrogen-bond donors (Lipinski definition) is 2. The Kier molecular flexibility index (Phi) is 5.02. The van der Waals surface area contributed by atoms with E-state index in [1.165, 1.54) is 11.8 Å². The topological polar surface area (TPSA) is 50.4 Å². The fourth-order valence-corrected chi connectivity index (χ4v) is 3.53. The lowest BCUT2D eigenvalue weighted by atomic mass is 10.2. The van der Waals surface area contributed by atoms with E-state index >= 15 is 0 Å². The number of thioether (sulfide) groups is 1. The molecule has 2 aromatic rings. The van der Waals surface area contributed by atoms with Crippen LogP contribution in [0.2, 0.25) is 5.02 Å². The molecule has 0 radical (unpaired) electrons. The zero-order chi connectivity index (χ0) is 17.1. The van der Waals surface area contributed by atoms with Gasteiger partial charge in [0.1, 0.15) is 5.75 Å². The third kappa shape index (κ3) is 3.68. The summed E-state index contributed by atoms with van der Waals surface area (Å²) in [7, 11) is 1.62. The Morgan fingerprint density at radius 1 is 1.29 bits per heavy atom. The van der Waals surface area contributed by atoms with E-state index in [4.69, 9.17) is 16.3 Å². The second-order valence-corrected chi connectivity index (χ2v) is 6.90. The molecule has 1 aliphatic heterocycles. The molecular formula is C18H17ClN2O2S. The van der Waals surface area contributed by atoms with E-state index in [2.05, 4.69) is 10.6 Å². The van der Waals surface area contributed by atoms with Crippen molar-refractivity contribution >= 4 is 41.0 Å². The van der Waals surface area contributed by atoms with Crippen LogP contribution < -0.4 is 15.4 Å². The Morgan fingerprint density at radius 2 is 2.08 bits per heavy atom. The fraction of sp³-hybridized carbons (Fsp3) is 0.167. The summed E-state index contributed by atoms with van der Waals surface area (Å²) < 4.78 is 5.36. The maximum absolute atomic E-state index is 12.2. The molecule has 1 saturated heterocycles. The molecule has 0 aromatic heterocycles. The molecule has 1 amide bonds. The Bertz CT molecular complexity index is 807. The van der Waals surface area contributed by atoms with E-state index in [0.29, 0.717) is 9.93 Å². The largest absolute Gasteiger partial charge is 0.495 e.